The van der Waals surface area contributed by atoms with Gasteiger partial charge < -0.3 is 35.1 Å². The summed E-state index contributed by atoms with van der Waals surface area (Å²) in [5.74, 6) is -2.91. The van der Waals surface area contributed by atoms with E-state index in [4.69, 9.17) is 0 Å². The zero-order valence-electron chi connectivity index (χ0n) is 39.8. The Bertz CT molecular complexity index is 1510. The van der Waals surface area contributed by atoms with Crippen LogP contribution < -0.4 is 10.6 Å². The van der Waals surface area contributed by atoms with Gasteiger partial charge in [0.1, 0.15) is 30.2 Å². The number of benzene rings is 1. The molecule has 0 saturated carbocycles. The lowest BCUT2D eigenvalue weighted by atomic mass is 9.93. The molecule has 59 heavy (non-hydrogen) atoms. The SMILES string of the molecule is CN[C@H](CC(C)C)C(=O)N(C)[C@H](CC(C)C)C(=O)N(C)[C@@H](C(=O)N(C)[C@@H](C(=O)N(C)[C@@H](C(=O)N(C)[C@@H](C(=O)NCCc1ccccc1)C(C)C)C(C)C)C(C)C)C(C)C. The smallest absolute Gasteiger partial charge is 0.246 e. The zero-order chi connectivity index (χ0) is 45.6. The van der Waals surface area contributed by atoms with Crippen molar-refractivity contribution >= 4 is 35.4 Å². The van der Waals surface area contributed by atoms with E-state index in [1.165, 1.54) is 24.5 Å². The predicted molar refractivity (Wildman–Crippen MR) is 237 cm³/mol. The summed E-state index contributed by atoms with van der Waals surface area (Å²) in [6, 6.07) is 4.96. The van der Waals surface area contributed by atoms with E-state index in [2.05, 4.69) is 10.6 Å². The van der Waals surface area contributed by atoms with Crippen LogP contribution in [-0.2, 0) is 35.2 Å². The van der Waals surface area contributed by atoms with Crippen LogP contribution in [0.25, 0.3) is 0 Å². The third kappa shape index (κ3) is 14.6. The Hall–Kier alpha value is -4.00. The Morgan fingerprint density at radius 3 is 1.22 bits per heavy atom. The van der Waals surface area contributed by atoms with Gasteiger partial charge in [-0.3, -0.25) is 28.8 Å². The van der Waals surface area contributed by atoms with E-state index in [1.807, 2.05) is 113 Å². The topological polar surface area (TPSA) is 143 Å². The summed E-state index contributed by atoms with van der Waals surface area (Å²) >= 11 is 0. The fourth-order valence-electron chi connectivity index (χ4n) is 8.19. The molecule has 0 aliphatic carbocycles. The van der Waals surface area contributed by atoms with Gasteiger partial charge in [-0.05, 0) is 67.4 Å². The molecule has 0 spiro atoms. The van der Waals surface area contributed by atoms with Crippen molar-refractivity contribution in [3.8, 4) is 0 Å². The summed E-state index contributed by atoms with van der Waals surface area (Å²) in [5.41, 5.74) is 1.09. The first-order valence-corrected chi connectivity index (χ1v) is 21.7. The highest BCUT2D eigenvalue weighted by molar-refractivity contribution is 5.97. The molecule has 0 heterocycles. The summed E-state index contributed by atoms with van der Waals surface area (Å²) in [5, 5.41) is 6.11. The van der Waals surface area contributed by atoms with E-state index in [1.54, 1.807) is 42.3 Å². The first-order valence-electron chi connectivity index (χ1n) is 21.7. The van der Waals surface area contributed by atoms with E-state index in [9.17, 15) is 28.8 Å². The second-order valence-corrected chi connectivity index (χ2v) is 18.6. The first kappa shape index (κ1) is 53.0. The summed E-state index contributed by atoms with van der Waals surface area (Å²) in [6.07, 6.45) is 1.66. The van der Waals surface area contributed by atoms with Crippen molar-refractivity contribution in [3.63, 3.8) is 0 Å². The largest absolute Gasteiger partial charge is 0.354 e. The van der Waals surface area contributed by atoms with Gasteiger partial charge in [-0.15, -0.1) is 0 Å². The van der Waals surface area contributed by atoms with Crippen molar-refractivity contribution in [1.29, 1.82) is 0 Å². The van der Waals surface area contributed by atoms with Gasteiger partial charge >= 0.3 is 0 Å². The van der Waals surface area contributed by atoms with Gasteiger partial charge in [-0.1, -0.05) is 113 Å². The number of nitrogens with one attached hydrogen (secondary N) is 2. The van der Waals surface area contributed by atoms with Crippen LogP contribution in [0.3, 0.4) is 0 Å². The number of hydrogen-bond donors (Lipinski definition) is 2. The minimum absolute atomic E-state index is 0.0839. The van der Waals surface area contributed by atoms with Crippen LogP contribution >= 0.6 is 0 Å². The van der Waals surface area contributed by atoms with Gasteiger partial charge in [0.15, 0.2) is 0 Å². The average Bonchev–Trinajstić information content (AvgIpc) is 3.14. The van der Waals surface area contributed by atoms with E-state index in [0.29, 0.717) is 25.8 Å². The fraction of sp³-hybridized carbons (Fsp3) is 0.739. The highest BCUT2D eigenvalue weighted by atomic mass is 16.2. The highest BCUT2D eigenvalue weighted by Crippen LogP contribution is 2.25. The van der Waals surface area contributed by atoms with E-state index in [0.717, 1.165) is 5.56 Å². The number of amides is 6. The van der Waals surface area contributed by atoms with E-state index in [-0.39, 0.29) is 59.1 Å². The molecule has 0 aliphatic rings. The lowest BCUT2D eigenvalue weighted by Gasteiger charge is -2.42. The van der Waals surface area contributed by atoms with Gasteiger partial charge in [-0.25, -0.2) is 0 Å². The molecule has 0 unspecified atom stereocenters. The van der Waals surface area contributed by atoms with Gasteiger partial charge in [0.25, 0.3) is 0 Å². The number of likely N-dealkylation sites (N-methyl/N-ethyl adjacent to an activating group) is 6. The molecule has 0 bridgehead atoms. The Balaban J connectivity index is 3.45. The van der Waals surface area contributed by atoms with Crippen molar-refractivity contribution < 1.29 is 28.8 Å². The maximum atomic E-state index is 14.6. The molecule has 6 atom stereocenters. The van der Waals surface area contributed by atoms with Gasteiger partial charge in [0.05, 0.1) is 6.04 Å². The lowest BCUT2D eigenvalue weighted by Crippen LogP contribution is -2.63. The second kappa shape index (κ2) is 24.3. The summed E-state index contributed by atoms with van der Waals surface area (Å²) in [4.78, 5) is 92.6. The molecule has 1 rings (SSSR count). The van der Waals surface area contributed by atoms with Crippen LogP contribution in [0, 0.1) is 35.5 Å². The van der Waals surface area contributed by atoms with Crippen LogP contribution in [0.4, 0.5) is 0 Å². The molecule has 336 valence electrons. The molecular weight excluding hydrogens is 747 g/mol. The highest BCUT2D eigenvalue weighted by Gasteiger charge is 2.44. The van der Waals surface area contributed by atoms with Gasteiger partial charge in [-0.2, -0.15) is 0 Å². The Morgan fingerprint density at radius 1 is 0.492 bits per heavy atom. The van der Waals surface area contributed by atoms with Crippen molar-refractivity contribution in [1.82, 2.24) is 35.1 Å². The van der Waals surface area contributed by atoms with Crippen molar-refractivity contribution in [2.45, 2.75) is 139 Å². The Kier molecular flexibility index (Phi) is 21.8. The molecule has 0 saturated heterocycles. The molecule has 1 aromatic rings. The molecule has 2 N–H and O–H groups in total. The zero-order valence-corrected chi connectivity index (χ0v) is 39.8. The standard InChI is InChI=1S/C46H81N7O6/c1-28(2)26-35(47-13)42(55)49(14)36(27-29(3)4)43(56)51(16)38(31(7)8)45(58)53(18)40(33(11)12)46(59)52(17)39(32(9)10)44(57)50(15)37(30(5)6)41(54)48-25-24-34-22-20-19-21-23-34/h19-23,28-33,35-40,47H,24-27H2,1-18H3,(H,48,54)/t35-,36-,37-,38-,39-,40-/m1/s1. The summed E-state index contributed by atoms with van der Waals surface area (Å²) in [7, 11) is 9.74. The molecule has 6 amide bonds. The minimum atomic E-state index is -0.970. The van der Waals surface area contributed by atoms with Gasteiger partial charge in [0.2, 0.25) is 35.4 Å². The fourth-order valence-corrected chi connectivity index (χ4v) is 8.19. The second-order valence-electron chi connectivity index (χ2n) is 18.6. The lowest BCUT2D eigenvalue weighted by molar-refractivity contribution is -0.158. The quantitative estimate of drug-likeness (QED) is 0.162. The minimum Gasteiger partial charge on any atom is -0.354 e. The van der Waals surface area contributed by atoms with Crippen LogP contribution in [-0.4, -0.2) is 145 Å². The normalized spacial score (nSPS) is 14.8. The van der Waals surface area contributed by atoms with Crippen LogP contribution in [0.5, 0.6) is 0 Å². The molecule has 13 nitrogen and oxygen atoms in total. The number of hydrogen-bond acceptors (Lipinski definition) is 7. The third-order valence-corrected chi connectivity index (χ3v) is 11.3. The maximum Gasteiger partial charge on any atom is 0.246 e. The molecule has 13 heteroatoms. The van der Waals surface area contributed by atoms with Crippen LogP contribution in [0.2, 0.25) is 0 Å². The molecule has 0 aromatic heterocycles. The maximum absolute atomic E-state index is 14.6. The van der Waals surface area contributed by atoms with Crippen molar-refractivity contribution in [3.05, 3.63) is 35.9 Å². The average molecular weight is 828 g/mol. The Morgan fingerprint density at radius 2 is 0.864 bits per heavy atom. The van der Waals surface area contributed by atoms with E-state index >= 15 is 0 Å². The summed E-state index contributed by atoms with van der Waals surface area (Å²) in [6.45, 7) is 23.4. The van der Waals surface area contributed by atoms with Gasteiger partial charge in [0, 0.05) is 41.8 Å². The van der Waals surface area contributed by atoms with Crippen LogP contribution in [0.1, 0.15) is 101 Å². The number of nitrogens with zero attached hydrogens (tertiary/aromatic N) is 5. The number of carbonyl (C=O) groups excluding carboxylic acids is 6. The molecule has 0 radical (unpaired) electrons. The monoisotopic (exact) mass is 828 g/mol. The Labute approximate surface area is 357 Å². The van der Waals surface area contributed by atoms with E-state index < -0.39 is 48.1 Å². The first-order chi connectivity index (χ1) is 27.3. The molecule has 0 aliphatic heterocycles. The molecule has 1 aromatic carbocycles. The molecule has 0 fully saturated rings. The predicted octanol–water partition coefficient (Wildman–Crippen LogP) is 4.78. The van der Waals surface area contributed by atoms with Crippen molar-refractivity contribution in [2.75, 3.05) is 48.8 Å². The third-order valence-electron chi connectivity index (χ3n) is 11.3. The van der Waals surface area contributed by atoms with Crippen molar-refractivity contribution in [2.24, 2.45) is 35.5 Å². The van der Waals surface area contributed by atoms with Crippen LogP contribution in [0.15, 0.2) is 30.3 Å². The number of rotatable bonds is 23. The molecular formula is C46H81N7O6. The number of carbonyl (C=O) groups is 6. The summed E-state index contributed by atoms with van der Waals surface area (Å²) < 4.78 is 0.